The molecule has 4 heteroatoms. The zero-order valence-electron chi connectivity index (χ0n) is 5.84. The summed E-state index contributed by atoms with van der Waals surface area (Å²) in [4.78, 5) is 15.5. The van der Waals surface area contributed by atoms with E-state index in [1.54, 1.807) is 5.51 Å². The molecule has 0 fully saturated rings. The van der Waals surface area contributed by atoms with Crippen LogP contribution in [0.15, 0.2) is 5.51 Å². The minimum atomic E-state index is -0.0750. The van der Waals surface area contributed by atoms with Gasteiger partial charge in [-0.3, -0.25) is 4.79 Å². The van der Waals surface area contributed by atoms with Gasteiger partial charge in [0.15, 0.2) is 0 Å². The summed E-state index contributed by atoms with van der Waals surface area (Å²) in [6, 6.07) is 0. The first-order valence-corrected chi connectivity index (χ1v) is 3.76. The second-order valence-electron chi connectivity index (χ2n) is 1.94. The first-order chi connectivity index (χ1) is 4.70. The third kappa shape index (κ3) is 1.54. The Kier molecular flexibility index (Phi) is 2.01. The average molecular weight is 156 g/mol. The minimum Gasteiger partial charge on any atom is -0.310 e. The minimum absolute atomic E-state index is 0.0750. The normalized spacial score (nSPS) is 9.40. The van der Waals surface area contributed by atoms with Crippen LogP contribution in [0.3, 0.4) is 0 Å². The van der Waals surface area contributed by atoms with Crippen molar-refractivity contribution in [2.24, 2.45) is 0 Å². The fourth-order valence-electron chi connectivity index (χ4n) is 0.592. The van der Waals surface area contributed by atoms with Crippen LogP contribution in [0.25, 0.3) is 0 Å². The summed E-state index contributed by atoms with van der Waals surface area (Å²) < 4.78 is 0. The van der Waals surface area contributed by atoms with Crippen LogP contribution in [0.1, 0.15) is 11.8 Å². The van der Waals surface area contributed by atoms with Gasteiger partial charge in [0.05, 0.1) is 5.51 Å². The zero-order valence-corrected chi connectivity index (χ0v) is 6.66. The van der Waals surface area contributed by atoms with Gasteiger partial charge >= 0.3 is 0 Å². The van der Waals surface area contributed by atoms with Crippen LogP contribution in [-0.2, 0) is 4.79 Å². The highest BCUT2D eigenvalue weighted by molar-refractivity contribution is 7.10. The summed E-state index contributed by atoms with van der Waals surface area (Å²) in [5.74, 6) is 0.603. The summed E-state index contributed by atoms with van der Waals surface area (Å²) in [6.45, 7) is 3.39. The summed E-state index contributed by atoms with van der Waals surface area (Å²) in [6.07, 6.45) is 0. The fraction of sp³-hybridized carbons (Fsp3) is 0.333. The van der Waals surface area contributed by atoms with Gasteiger partial charge in [0.2, 0.25) is 5.91 Å². The Morgan fingerprint density at radius 3 is 2.90 bits per heavy atom. The lowest BCUT2D eigenvalue weighted by Gasteiger charge is -1.95. The Hall–Kier alpha value is -0.900. The Bertz CT molecular complexity index is 244. The smallest absolute Gasteiger partial charge is 0.222 e. The lowest BCUT2D eigenvalue weighted by molar-refractivity contribution is -0.114. The molecule has 1 N–H and O–H groups in total. The number of rotatable bonds is 1. The average Bonchev–Trinajstić information content (AvgIpc) is 2.15. The highest BCUT2D eigenvalue weighted by Crippen LogP contribution is 2.15. The molecule has 0 unspecified atom stereocenters. The van der Waals surface area contributed by atoms with Crippen LogP contribution in [0.4, 0.5) is 5.82 Å². The first kappa shape index (κ1) is 7.21. The number of hydrogen-bond acceptors (Lipinski definition) is 3. The molecular formula is C6H8N2OS. The third-order valence-corrected chi connectivity index (χ3v) is 1.80. The molecule has 0 saturated heterocycles. The molecule has 54 valence electrons. The Morgan fingerprint density at radius 1 is 1.80 bits per heavy atom. The number of thiazole rings is 1. The first-order valence-electron chi connectivity index (χ1n) is 2.88. The molecule has 0 aromatic carbocycles. The van der Waals surface area contributed by atoms with E-state index in [1.807, 2.05) is 6.92 Å². The van der Waals surface area contributed by atoms with Crippen molar-refractivity contribution in [3.05, 3.63) is 10.4 Å². The van der Waals surface area contributed by atoms with Crippen molar-refractivity contribution in [2.75, 3.05) is 5.32 Å². The van der Waals surface area contributed by atoms with Gasteiger partial charge in [0, 0.05) is 11.8 Å². The summed E-state index contributed by atoms with van der Waals surface area (Å²) >= 11 is 1.52. The molecule has 1 amide bonds. The number of carbonyl (C=O) groups is 1. The van der Waals surface area contributed by atoms with E-state index < -0.39 is 0 Å². The maximum Gasteiger partial charge on any atom is 0.222 e. The molecule has 3 nitrogen and oxygen atoms in total. The van der Waals surface area contributed by atoms with Crippen LogP contribution >= 0.6 is 11.3 Å². The second kappa shape index (κ2) is 2.79. The molecule has 0 radical (unpaired) electrons. The standard InChI is InChI=1S/C6H8N2OS/c1-4-6(7-3-10-4)8-5(2)9/h3H,1-2H3,(H,8,9). The molecule has 0 spiro atoms. The van der Waals surface area contributed by atoms with E-state index in [9.17, 15) is 4.79 Å². The van der Waals surface area contributed by atoms with Gasteiger partial charge < -0.3 is 5.32 Å². The highest BCUT2D eigenvalue weighted by atomic mass is 32.1. The van der Waals surface area contributed by atoms with Gasteiger partial charge in [0.1, 0.15) is 5.82 Å². The molecule has 1 aromatic rings. The summed E-state index contributed by atoms with van der Waals surface area (Å²) in [5.41, 5.74) is 1.71. The molecule has 10 heavy (non-hydrogen) atoms. The molecule has 1 aromatic heterocycles. The van der Waals surface area contributed by atoms with Crippen molar-refractivity contribution < 1.29 is 4.79 Å². The third-order valence-electron chi connectivity index (χ3n) is 1.04. The van der Waals surface area contributed by atoms with E-state index in [0.29, 0.717) is 5.82 Å². The van der Waals surface area contributed by atoms with Crippen molar-refractivity contribution in [1.29, 1.82) is 0 Å². The number of aromatic nitrogens is 1. The predicted octanol–water partition coefficient (Wildman–Crippen LogP) is 1.41. The second-order valence-corrected chi connectivity index (χ2v) is 3.00. The zero-order chi connectivity index (χ0) is 7.56. The van der Waals surface area contributed by atoms with Crippen molar-refractivity contribution in [3.8, 4) is 0 Å². The predicted molar refractivity (Wildman–Crippen MR) is 41.2 cm³/mol. The highest BCUT2D eigenvalue weighted by Gasteiger charge is 2.00. The Morgan fingerprint density at radius 2 is 2.50 bits per heavy atom. The lowest BCUT2D eigenvalue weighted by Crippen LogP contribution is -2.06. The van der Waals surface area contributed by atoms with E-state index >= 15 is 0 Å². The molecule has 0 bridgehead atoms. The van der Waals surface area contributed by atoms with E-state index in [2.05, 4.69) is 10.3 Å². The van der Waals surface area contributed by atoms with Gasteiger partial charge in [-0.1, -0.05) is 0 Å². The van der Waals surface area contributed by atoms with Crippen molar-refractivity contribution in [2.45, 2.75) is 13.8 Å². The summed E-state index contributed by atoms with van der Waals surface area (Å²) in [5, 5.41) is 2.61. The van der Waals surface area contributed by atoms with Crippen molar-refractivity contribution >= 4 is 23.1 Å². The van der Waals surface area contributed by atoms with Gasteiger partial charge in [-0.05, 0) is 6.92 Å². The molecule has 0 saturated carbocycles. The van der Waals surface area contributed by atoms with Crippen LogP contribution in [0, 0.1) is 6.92 Å². The Balaban J connectivity index is 2.74. The Labute approximate surface area is 63.1 Å². The molecule has 0 aliphatic heterocycles. The lowest BCUT2D eigenvalue weighted by atomic mass is 10.5. The van der Waals surface area contributed by atoms with E-state index in [4.69, 9.17) is 0 Å². The van der Waals surface area contributed by atoms with Crippen molar-refractivity contribution in [1.82, 2.24) is 4.98 Å². The molecule has 1 heterocycles. The maximum absolute atomic E-state index is 10.5. The summed E-state index contributed by atoms with van der Waals surface area (Å²) in [7, 11) is 0. The van der Waals surface area contributed by atoms with E-state index in [1.165, 1.54) is 18.3 Å². The van der Waals surface area contributed by atoms with Crippen LogP contribution < -0.4 is 5.32 Å². The van der Waals surface area contributed by atoms with Crippen LogP contribution in [-0.4, -0.2) is 10.9 Å². The van der Waals surface area contributed by atoms with Crippen molar-refractivity contribution in [3.63, 3.8) is 0 Å². The quantitative estimate of drug-likeness (QED) is 0.668. The van der Waals surface area contributed by atoms with Gasteiger partial charge in [-0.15, -0.1) is 11.3 Å². The number of amides is 1. The molecule has 0 atom stereocenters. The van der Waals surface area contributed by atoms with E-state index in [0.717, 1.165) is 4.88 Å². The van der Waals surface area contributed by atoms with Crippen LogP contribution in [0.2, 0.25) is 0 Å². The largest absolute Gasteiger partial charge is 0.310 e. The van der Waals surface area contributed by atoms with Gasteiger partial charge in [-0.2, -0.15) is 0 Å². The van der Waals surface area contributed by atoms with Gasteiger partial charge in [-0.25, -0.2) is 4.98 Å². The van der Waals surface area contributed by atoms with E-state index in [-0.39, 0.29) is 5.91 Å². The van der Waals surface area contributed by atoms with Crippen LogP contribution in [0.5, 0.6) is 0 Å². The maximum atomic E-state index is 10.5. The monoisotopic (exact) mass is 156 g/mol. The fourth-order valence-corrected chi connectivity index (χ4v) is 1.12. The number of carbonyl (C=O) groups excluding carboxylic acids is 1. The number of aryl methyl sites for hydroxylation is 1. The topological polar surface area (TPSA) is 42.0 Å². The SMILES string of the molecule is CC(=O)Nc1ncsc1C. The molecule has 0 aliphatic carbocycles. The molecular weight excluding hydrogens is 148 g/mol. The molecule has 0 aliphatic rings. The van der Waals surface area contributed by atoms with Gasteiger partial charge in [0.25, 0.3) is 0 Å². The number of nitrogens with zero attached hydrogens (tertiary/aromatic N) is 1. The molecule has 1 rings (SSSR count). The number of anilines is 1. The number of hydrogen-bond donors (Lipinski definition) is 1. The number of nitrogens with one attached hydrogen (secondary N) is 1.